The average Bonchev–Trinajstić information content (AvgIpc) is 3.60. The van der Waals surface area contributed by atoms with Crippen molar-refractivity contribution in [3.8, 4) is 10.4 Å². The lowest BCUT2D eigenvalue weighted by Gasteiger charge is -2.43. The number of hydrogen-bond acceptors (Lipinski definition) is 7. The molecule has 2 fully saturated rings. The summed E-state index contributed by atoms with van der Waals surface area (Å²) in [4.78, 5) is 35.9. The molecule has 2 amide bonds. The summed E-state index contributed by atoms with van der Waals surface area (Å²) in [5.41, 5.74) is 9.17. The summed E-state index contributed by atoms with van der Waals surface area (Å²) in [5.74, 6) is 0.612. The van der Waals surface area contributed by atoms with E-state index in [1.165, 1.54) is 0 Å². The third-order valence-corrected chi connectivity index (χ3v) is 8.36. The van der Waals surface area contributed by atoms with Crippen LogP contribution in [-0.4, -0.2) is 42.1 Å². The predicted octanol–water partition coefficient (Wildman–Crippen LogP) is 4.58. The van der Waals surface area contributed by atoms with Crippen LogP contribution < -0.4 is 26.2 Å². The molecule has 0 unspecified atom stereocenters. The molecule has 1 spiro atoms. The highest BCUT2D eigenvalue weighted by Crippen LogP contribution is 2.37. The molecule has 4 N–H and O–H groups in total. The van der Waals surface area contributed by atoms with Gasteiger partial charge in [0.05, 0.1) is 23.6 Å². The van der Waals surface area contributed by atoms with Crippen LogP contribution >= 0.6 is 11.3 Å². The summed E-state index contributed by atoms with van der Waals surface area (Å²) in [7, 11) is 0. The zero-order valence-corrected chi connectivity index (χ0v) is 21.6. The van der Waals surface area contributed by atoms with Crippen LogP contribution in [0.4, 0.5) is 22.9 Å². The standard InChI is InChI=1S/C29H28N6O2S/c30-23-10-8-20(25-7-4-16-38-25)17-24(23)33-27(36)21-9-11-26(31-18-21)34-14-12-29(13-15-34)28(37)32-19-35(29)22-5-2-1-3-6-22/h1-11,16-18H,12-15,19,30H2,(H,32,37)(H,33,36). The molecule has 0 bridgehead atoms. The highest BCUT2D eigenvalue weighted by Gasteiger charge is 2.50. The van der Waals surface area contributed by atoms with Crippen LogP contribution in [0.2, 0.25) is 0 Å². The predicted molar refractivity (Wildman–Crippen MR) is 152 cm³/mol. The molecular formula is C29H28N6O2S. The molecule has 2 aromatic heterocycles. The average molecular weight is 525 g/mol. The van der Waals surface area contributed by atoms with E-state index in [9.17, 15) is 9.59 Å². The number of nitrogen functional groups attached to an aromatic ring is 1. The molecule has 9 heteroatoms. The number of amides is 2. The van der Waals surface area contributed by atoms with Crippen molar-refractivity contribution in [1.29, 1.82) is 0 Å². The van der Waals surface area contributed by atoms with Gasteiger partial charge in [0.15, 0.2) is 0 Å². The number of rotatable bonds is 5. The lowest BCUT2D eigenvalue weighted by Crippen LogP contribution is -2.56. The number of aromatic nitrogens is 1. The first-order valence-corrected chi connectivity index (χ1v) is 13.5. The van der Waals surface area contributed by atoms with E-state index in [2.05, 4.69) is 25.4 Å². The first-order valence-electron chi connectivity index (χ1n) is 12.6. The maximum absolute atomic E-state index is 13.0. The molecule has 0 atom stereocenters. The van der Waals surface area contributed by atoms with Crippen molar-refractivity contribution in [1.82, 2.24) is 10.3 Å². The van der Waals surface area contributed by atoms with E-state index in [1.54, 1.807) is 29.7 Å². The molecule has 6 rings (SSSR count). The Bertz CT molecular complexity index is 1450. The Kier molecular flexibility index (Phi) is 6.21. The van der Waals surface area contributed by atoms with Gasteiger partial charge in [-0.3, -0.25) is 9.59 Å². The Morgan fingerprint density at radius 1 is 1.03 bits per heavy atom. The summed E-state index contributed by atoms with van der Waals surface area (Å²) >= 11 is 1.63. The number of nitrogens with one attached hydrogen (secondary N) is 2. The highest BCUT2D eigenvalue weighted by atomic mass is 32.1. The van der Waals surface area contributed by atoms with Gasteiger partial charge >= 0.3 is 0 Å². The minimum absolute atomic E-state index is 0.0865. The molecule has 2 aromatic carbocycles. The number of carbonyl (C=O) groups is 2. The fraction of sp³-hybridized carbons (Fsp3) is 0.207. The van der Waals surface area contributed by atoms with Gasteiger partial charge in [0, 0.05) is 29.9 Å². The van der Waals surface area contributed by atoms with Gasteiger partial charge < -0.3 is 26.2 Å². The molecule has 4 aromatic rings. The summed E-state index contributed by atoms with van der Waals surface area (Å²) in [6.07, 6.45) is 2.97. The normalized spacial score (nSPS) is 16.5. The van der Waals surface area contributed by atoms with Crippen molar-refractivity contribution >= 4 is 46.0 Å². The second-order valence-corrected chi connectivity index (χ2v) is 10.5. The number of piperidine rings is 1. The van der Waals surface area contributed by atoms with Crippen LogP contribution in [0.3, 0.4) is 0 Å². The van der Waals surface area contributed by atoms with Crippen molar-refractivity contribution in [2.45, 2.75) is 18.4 Å². The van der Waals surface area contributed by atoms with Crippen LogP contribution in [0, 0.1) is 0 Å². The fourth-order valence-electron chi connectivity index (χ4n) is 5.30. The number of hydrogen-bond donors (Lipinski definition) is 3. The van der Waals surface area contributed by atoms with Crippen molar-refractivity contribution in [2.75, 3.05) is 40.6 Å². The fourth-order valence-corrected chi connectivity index (χ4v) is 6.02. The van der Waals surface area contributed by atoms with E-state index in [0.29, 0.717) is 49.5 Å². The van der Waals surface area contributed by atoms with Gasteiger partial charge in [-0.25, -0.2) is 4.98 Å². The molecule has 2 saturated heterocycles. The van der Waals surface area contributed by atoms with Gasteiger partial charge in [0.2, 0.25) is 5.91 Å². The molecule has 2 aliphatic heterocycles. The third kappa shape index (κ3) is 4.35. The number of carbonyl (C=O) groups excluding carboxylic acids is 2. The topological polar surface area (TPSA) is 104 Å². The number of benzene rings is 2. The van der Waals surface area contributed by atoms with Crippen LogP contribution in [-0.2, 0) is 4.79 Å². The largest absolute Gasteiger partial charge is 0.397 e. The number of thiophene rings is 1. The van der Waals surface area contributed by atoms with Gasteiger partial charge in [-0.2, -0.15) is 0 Å². The Morgan fingerprint density at radius 3 is 2.55 bits per heavy atom. The molecule has 38 heavy (non-hydrogen) atoms. The molecular weight excluding hydrogens is 496 g/mol. The van der Waals surface area contributed by atoms with Crippen LogP contribution in [0.5, 0.6) is 0 Å². The number of anilines is 4. The monoisotopic (exact) mass is 524 g/mol. The van der Waals surface area contributed by atoms with Crippen molar-refractivity contribution < 1.29 is 9.59 Å². The van der Waals surface area contributed by atoms with Crippen molar-refractivity contribution in [2.24, 2.45) is 0 Å². The van der Waals surface area contributed by atoms with E-state index in [1.807, 2.05) is 66.0 Å². The molecule has 0 radical (unpaired) electrons. The van der Waals surface area contributed by atoms with Gasteiger partial charge in [0.25, 0.3) is 5.91 Å². The van der Waals surface area contributed by atoms with E-state index >= 15 is 0 Å². The van der Waals surface area contributed by atoms with Gasteiger partial charge in [-0.05, 0) is 66.2 Å². The smallest absolute Gasteiger partial charge is 0.257 e. The minimum Gasteiger partial charge on any atom is -0.397 e. The number of para-hydroxylation sites is 1. The maximum Gasteiger partial charge on any atom is 0.257 e. The SMILES string of the molecule is Nc1ccc(-c2cccs2)cc1NC(=O)c1ccc(N2CCC3(CC2)C(=O)NCN3c2ccccc2)nc1. The molecule has 0 aliphatic carbocycles. The van der Waals surface area contributed by atoms with Crippen molar-refractivity contribution in [3.63, 3.8) is 0 Å². The molecule has 2 aliphatic rings. The van der Waals surface area contributed by atoms with Gasteiger partial charge in [-0.15, -0.1) is 11.3 Å². The second kappa shape index (κ2) is 9.83. The lowest BCUT2D eigenvalue weighted by atomic mass is 9.85. The summed E-state index contributed by atoms with van der Waals surface area (Å²) < 4.78 is 0. The summed E-state index contributed by atoms with van der Waals surface area (Å²) in [6.45, 7) is 1.91. The molecule has 192 valence electrons. The summed E-state index contributed by atoms with van der Waals surface area (Å²) in [5, 5.41) is 7.98. The van der Waals surface area contributed by atoms with Gasteiger partial charge in [0.1, 0.15) is 11.4 Å². The zero-order valence-electron chi connectivity index (χ0n) is 20.8. The first kappa shape index (κ1) is 24.0. The zero-order chi connectivity index (χ0) is 26.1. The maximum atomic E-state index is 13.0. The first-order chi connectivity index (χ1) is 18.5. The van der Waals surface area contributed by atoms with E-state index < -0.39 is 5.54 Å². The lowest BCUT2D eigenvalue weighted by molar-refractivity contribution is -0.124. The quantitative estimate of drug-likeness (QED) is 0.330. The van der Waals surface area contributed by atoms with E-state index in [0.717, 1.165) is 21.9 Å². The minimum atomic E-state index is -0.546. The Balaban J connectivity index is 1.13. The Labute approximate surface area is 225 Å². The summed E-state index contributed by atoms with van der Waals surface area (Å²) in [6, 6.07) is 23.4. The number of pyridine rings is 1. The highest BCUT2D eigenvalue weighted by molar-refractivity contribution is 7.13. The van der Waals surface area contributed by atoms with Crippen LogP contribution in [0.25, 0.3) is 10.4 Å². The molecule has 4 heterocycles. The van der Waals surface area contributed by atoms with Crippen LogP contribution in [0.15, 0.2) is 84.4 Å². The third-order valence-electron chi connectivity index (χ3n) is 7.44. The Hall–Kier alpha value is -4.37. The molecule has 0 saturated carbocycles. The van der Waals surface area contributed by atoms with E-state index in [4.69, 9.17) is 5.73 Å². The number of nitrogens with zero attached hydrogens (tertiary/aromatic N) is 3. The van der Waals surface area contributed by atoms with E-state index in [-0.39, 0.29) is 11.8 Å². The second-order valence-electron chi connectivity index (χ2n) is 9.58. The van der Waals surface area contributed by atoms with Gasteiger partial charge in [-0.1, -0.05) is 30.3 Å². The van der Waals surface area contributed by atoms with Crippen LogP contribution in [0.1, 0.15) is 23.2 Å². The Morgan fingerprint density at radius 2 is 1.84 bits per heavy atom. The molecule has 8 nitrogen and oxygen atoms in total. The number of nitrogens with two attached hydrogens (primary N) is 1. The van der Waals surface area contributed by atoms with Crippen molar-refractivity contribution in [3.05, 3.63) is 89.9 Å².